The number of anilines is 2. The minimum atomic E-state index is -0.463. The van der Waals surface area contributed by atoms with E-state index in [1.807, 2.05) is 54.1 Å². The number of benzene rings is 2. The highest BCUT2D eigenvalue weighted by molar-refractivity contribution is 7.99. The number of hydrogen-bond acceptors (Lipinski definition) is 6. The number of aliphatic hydroxyl groups is 1. The van der Waals surface area contributed by atoms with Crippen LogP contribution >= 0.6 is 11.8 Å². The summed E-state index contributed by atoms with van der Waals surface area (Å²) >= 11 is 1.14. The molecule has 0 atom stereocenters. The van der Waals surface area contributed by atoms with Gasteiger partial charge in [0.05, 0.1) is 23.3 Å². The van der Waals surface area contributed by atoms with Gasteiger partial charge in [-0.25, -0.2) is 9.37 Å². The molecule has 0 aliphatic heterocycles. The number of fused-ring (bicyclic) bond motifs is 1. The van der Waals surface area contributed by atoms with Crippen molar-refractivity contribution in [2.75, 3.05) is 11.3 Å². The summed E-state index contributed by atoms with van der Waals surface area (Å²) in [5.41, 5.74) is 3.10. The van der Waals surface area contributed by atoms with Crippen molar-refractivity contribution in [1.29, 1.82) is 0 Å². The third kappa shape index (κ3) is 4.33. The number of alkyl halides is 1. The second-order valence-corrected chi connectivity index (χ2v) is 7.27. The first-order chi connectivity index (χ1) is 14.2. The van der Waals surface area contributed by atoms with Crippen LogP contribution < -0.4 is 10.1 Å². The van der Waals surface area contributed by atoms with Crippen molar-refractivity contribution in [2.45, 2.75) is 11.5 Å². The maximum absolute atomic E-state index is 12.6. The smallest absolute Gasteiger partial charge is 0.208 e. The molecule has 2 heterocycles. The fourth-order valence-corrected chi connectivity index (χ4v) is 3.46. The molecule has 4 rings (SSSR count). The number of aromatic nitrogens is 3. The number of aryl methyl sites for hydroxylation is 1. The van der Waals surface area contributed by atoms with Gasteiger partial charge in [-0.1, -0.05) is 17.8 Å². The van der Waals surface area contributed by atoms with Crippen LogP contribution in [0.1, 0.15) is 5.69 Å². The number of aliphatic hydroxyl groups excluding tert-OH is 1. The maximum Gasteiger partial charge on any atom is 0.208 e. The largest absolute Gasteiger partial charge is 0.457 e. The standard InChI is InChI=1S/C21H19FN4O2S/c1-26-20-6-5-16(28-17-7-8-23-15(9-17)12-27)11-19(20)25-21(26)24-14-3-2-4-18(10-14)29-13-22/h2-11,27H,12-13H2,1H3,(H,24,25). The minimum absolute atomic E-state index is 0.142. The minimum Gasteiger partial charge on any atom is -0.457 e. The highest BCUT2D eigenvalue weighted by Gasteiger charge is 2.10. The van der Waals surface area contributed by atoms with Crippen molar-refractivity contribution in [3.8, 4) is 11.5 Å². The van der Waals surface area contributed by atoms with Crippen molar-refractivity contribution >= 4 is 34.4 Å². The Bertz CT molecular complexity index is 1150. The predicted octanol–water partition coefficient (Wildman–Crippen LogP) is 5.02. The molecule has 0 fully saturated rings. The van der Waals surface area contributed by atoms with E-state index in [2.05, 4.69) is 15.3 Å². The molecular weight excluding hydrogens is 391 g/mol. The van der Waals surface area contributed by atoms with Crippen molar-refractivity contribution in [3.63, 3.8) is 0 Å². The lowest BCUT2D eigenvalue weighted by Crippen LogP contribution is -1.98. The number of nitrogens with zero attached hydrogens (tertiary/aromatic N) is 3. The molecule has 2 aromatic carbocycles. The van der Waals surface area contributed by atoms with Crippen molar-refractivity contribution in [1.82, 2.24) is 14.5 Å². The van der Waals surface area contributed by atoms with E-state index < -0.39 is 6.01 Å². The van der Waals surface area contributed by atoms with Crippen LogP contribution in [0.4, 0.5) is 16.0 Å². The number of hydrogen-bond donors (Lipinski definition) is 2. The zero-order valence-corrected chi connectivity index (χ0v) is 16.5. The Balaban J connectivity index is 1.59. The van der Waals surface area contributed by atoms with Gasteiger partial charge in [-0.15, -0.1) is 0 Å². The van der Waals surface area contributed by atoms with E-state index in [0.717, 1.165) is 33.4 Å². The van der Waals surface area contributed by atoms with Gasteiger partial charge in [0.25, 0.3) is 0 Å². The third-order valence-electron chi connectivity index (χ3n) is 4.35. The zero-order valence-electron chi connectivity index (χ0n) is 15.7. The van der Waals surface area contributed by atoms with Gasteiger partial charge in [-0.05, 0) is 36.4 Å². The Morgan fingerprint density at radius 1 is 1.14 bits per heavy atom. The molecule has 0 amide bonds. The molecule has 0 saturated heterocycles. The van der Waals surface area contributed by atoms with Gasteiger partial charge in [-0.3, -0.25) is 4.98 Å². The third-order valence-corrected chi connectivity index (χ3v) is 5.05. The Kier molecular flexibility index (Phi) is 5.64. The second-order valence-electron chi connectivity index (χ2n) is 6.29. The summed E-state index contributed by atoms with van der Waals surface area (Å²) in [6.45, 7) is -0.142. The molecule has 2 aromatic heterocycles. The van der Waals surface area contributed by atoms with Gasteiger partial charge in [0.1, 0.15) is 17.5 Å². The van der Waals surface area contributed by atoms with Crippen LogP contribution in [0, 0.1) is 0 Å². The van der Waals surface area contributed by atoms with Crippen LogP contribution in [-0.4, -0.2) is 25.6 Å². The van der Waals surface area contributed by atoms with Crippen LogP contribution in [0.25, 0.3) is 11.0 Å². The van der Waals surface area contributed by atoms with Crippen LogP contribution in [0.3, 0.4) is 0 Å². The Hall–Kier alpha value is -3.10. The Labute approximate surface area is 171 Å². The lowest BCUT2D eigenvalue weighted by atomic mass is 10.3. The predicted molar refractivity (Wildman–Crippen MR) is 113 cm³/mol. The molecule has 0 aliphatic rings. The van der Waals surface area contributed by atoms with Crippen molar-refractivity contribution < 1.29 is 14.2 Å². The van der Waals surface area contributed by atoms with Crippen LogP contribution in [0.15, 0.2) is 65.7 Å². The summed E-state index contributed by atoms with van der Waals surface area (Å²) < 4.78 is 20.4. The molecule has 0 saturated carbocycles. The average molecular weight is 410 g/mol. The molecule has 8 heteroatoms. The first kappa shape index (κ1) is 19.2. The SMILES string of the molecule is Cn1c(Nc2cccc(SCF)c2)nc2cc(Oc3ccnc(CO)c3)ccc21. The number of thioether (sulfide) groups is 1. The highest BCUT2D eigenvalue weighted by atomic mass is 32.2. The zero-order chi connectivity index (χ0) is 20.2. The number of pyridine rings is 1. The van der Waals surface area contributed by atoms with E-state index in [1.165, 1.54) is 0 Å². The first-order valence-corrected chi connectivity index (χ1v) is 9.91. The molecule has 0 unspecified atom stereocenters. The molecule has 0 aliphatic carbocycles. The quantitative estimate of drug-likeness (QED) is 0.417. The van der Waals surface area contributed by atoms with E-state index in [0.29, 0.717) is 23.1 Å². The molecule has 148 valence electrons. The fraction of sp³-hybridized carbons (Fsp3) is 0.143. The lowest BCUT2D eigenvalue weighted by Gasteiger charge is -2.08. The van der Waals surface area contributed by atoms with Crippen molar-refractivity contribution in [2.24, 2.45) is 7.05 Å². The summed E-state index contributed by atoms with van der Waals surface area (Å²) in [5.74, 6) is 1.91. The molecule has 0 radical (unpaired) electrons. The summed E-state index contributed by atoms with van der Waals surface area (Å²) in [6.07, 6.45) is 1.59. The van der Waals surface area contributed by atoms with Crippen LogP contribution in [0.5, 0.6) is 11.5 Å². The van der Waals surface area contributed by atoms with E-state index >= 15 is 0 Å². The summed E-state index contributed by atoms with van der Waals surface area (Å²) in [5, 5.41) is 12.5. The van der Waals surface area contributed by atoms with E-state index in [-0.39, 0.29) is 6.61 Å². The van der Waals surface area contributed by atoms with E-state index in [4.69, 9.17) is 4.74 Å². The normalized spacial score (nSPS) is 11.0. The lowest BCUT2D eigenvalue weighted by molar-refractivity contribution is 0.276. The van der Waals surface area contributed by atoms with E-state index in [9.17, 15) is 9.50 Å². The molecule has 0 spiro atoms. The molecule has 29 heavy (non-hydrogen) atoms. The van der Waals surface area contributed by atoms with Gasteiger partial charge in [-0.2, -0.15) is 0 Å². The van der Waals surface area contributed by atoms with Gasteiger partial charge in [0, 0.05) is 36.0 Å². The average Bonchev–Trinajstić information content (AvgIpc) is 3.03. The summed E-state index contributed by atoms with van der Waals surface area (Å²) in [6, 6.07) is 16.2. The molecular formula is C21H19FN4O2S. The second kappa shape index (κ2) is 8.50. The number of ether oxygens (including phenoxy) is 1. The Morgan fingerprint density at radius 2 is 2.00 bits per heavy atom. The Morgan fingerprint density at radius 3 is 2.83 bits per heavy atom. The highest BCUT2D eigenvalue weighted by Crippen LogP contribution is 2.29. The van der Waals surface area contributed by atoms with Crippen molar-refractivity contribution in [3.05, 3.63) is 66.5 Å². The van der Waals surface area contributed by atoms with Crippen LogP contribution in [-0.2, 0) is 13.7 Å². The summed E-state index contributed by atoms with van der Waals surface area (Å²) in [4.78, 5) is 9.56. The first-order valence-electron chi connectivity index (χ1n) is 8.92. The van der Waals surface area contributed by atoms with E-state index in [1.54, 1.807) is 18.3 Å². The number of imidazole rings is 1. The topological polar surface area (TPSA) is 72.2 Å². The molecule has 4 aromatic rings. The van der Waals surface area contributed by atoms with Gasteiger partial charge >= 0.3 is 0 Å². The number of halogens is 1. The number of nitrogens with one attached hydrogen (secondary N) is 1. The summed E-state index contributed by atoms with van der Waals surface area (Å²) in [7, 11) is 1.93. The maximum atomic E-state index is 12.6. The molecule has 6 nitrogen and oxygen atoms in total. The monoisotopic (exact) mass is 410 g/mol. The van der Waals surface area contributed by atoms with Gasteiger partial charge < -0.3 is 19.7 Å². The number of rotatable bonds is 7. The van der Waals surface area contributed by atoms with Crippen LogP contribution in [0.2, 0.25) is 0 Å². The fourth-order valence-electron chi connectivity index (χ4n) is 2.95. The molecule has 2 N–H and O–H groups in total. The van der Waals surface area contributed by atoms with Gasteiger partial charge in [0.2, 0.25) is 5.95 Å². The molecule has 0 bridgehead atoms. The van der Waals surface area contributed by atoms with Gasteiger partial charge in [0.15, 0.2) is 0 Å².